The Bertz CT molecular complexity index is 691. The normalized spacial score (nSPS) is 11.3. The average Bonchev–Trinajstić information content (AvgIpc) is 2.46. The minimum atomic E-state index is -0.375. The molecule has 2 aromatic rings. The fourth-order valence-electron chi connectivity index (χ4n) is 1.87. The first-order chi connectivity index (χ1) is 9.97. The Hall–Kier alpha value is -2.69. The molecule has 0 amide bonds. The second-order valence-electron chi connectivity index (χ2n) is 4.93. The molecule has 0 aliphatic rings. The van der Waals surface area contributed by atoms with E-state index in [-0.39, 0.29) is 10.6 Å². The zero-order valence-electron chi connectivity index (χ0n) is 12.3. The number of nitrogens with one attached hydrogen (secondary N) is 1. The first-order valence-corrected chi connectivity index (χ1v) is 6.60. The number of hydrogen-bond donors (Lipinski definition) is 1. The van der Waals surface area contributed by atoms with E-state index in [0.29, 0.717) is 11.3 Å². The number of hydrogen-bond acceptors (Lipinski definition) is 4. The molecule has 0 saturated heterocycles. The lowest BCUT2D eigenvalue weighted by Gasteiger charge is -2.05. The minimum Gasteiger partial charge on any atom is -0.278 e. The van der Waals surface area contributed by atoms with E-state index in [9.17, 15) is 10.1 Å². The highest BCUT2D eigenvalue weighted by Crippen LogP contribution is 2.20. The van der Waals surface area contributed by atoms with Crippen molar-refractivity contribution in [2.24, 2.45) is 5.10 Å². The van der Waals surface area contributed by atoms with Gasteiger partial charge in [-0.1, -0.05) is 29.8 Å². The number of nitro benzene ring substituents is 1. The van der Waals surface area contributed by atoms with Crippen LogP contribution in [0.4, 0.5) is 11.4 Å². The lowest BCUT2D eigenvalue weighted by atomic mass is 10.1. The molecule has 0 spiro atoms. The first kappa shape index (κ1) is 14.7. The second-order valence-corrected chi connectivity index (χ2v) is 4.93. The standard InChI is InChI=1S/C16H17N3O2/c1-11-4-8-15(9-5-11)18-17-13(3)14-7-6-12(2)16(10-14)19(20)21/h4-10,18H,1-3H3/b17-13-. The molecule has 108 valence electrons. The second kappa shape index (κ2) is 6.17. The molecule has 2 rings (SSSR count). The van der Waals surface area contributed by atoms with Crippen LogP contribution in [0.1, 0.15) is 23.6 Å². The largest absolute Gasteiger partial charge is 0.278 e. The smallest absolute Gasteiger partial charge is 0.272 e. The summed E-state index contributed by atoms with van der Waals surface area (Å²) in [6.07, 6.45) is 0. The van der Waals surface area contributed by atoms with E-state index >= 15 is 0 Å². The van der Waals surface area contributed by atoms with E-state index in [1.807, 2.05) is 44.2 Å². The maximum Gasteiger partial charge on any atom is 0.272 e. The molecule has 5 nitrogen and oxygen atoms in total. The Morgan fingerprint density at radius 2 is 1.81 bits per heavy atom. The van der Waals surface area contributed by atoms with Crippen molar-refractivity contribution in [3.63, 3.8) is 0 Å². The number of nitro groups is 1. The van der Waals surface area contributed by atoms with Crippen LogP contribution in [-0.4, -0.2) is 10.6 Å². The topological polar surface area (TPSA) is 67.5 Å². The molecule has 0 fully saturated rings. The number of hydrazone groups is 1. The van der Waals surface area contributed by atoms with Gasteiger partial charge in [-0.2, -0.15) is 5.10 Å². The summed E-state index contributed by atoms with van der Waals surface area (Å²) in [4.78, 5) is 10.6. The summed E-state index contributed by atoms with van der Waals surface area (Å²) < 4.78 is 0. The average molecular weight is 283 g/mol. The van der Waals surface area contributed by atoms with Gasteiger partial charge in [-0.25, -0.2) is 0 Å². The molecular formula is C16H17N3O2. The van der Waals surface area contributed by atoms with Gasteiger partial charge in [-0.3, -0.25) is 15.5 Å². The summed E-state index contributed by atoms with van der Waals surface area (Å²) in [5.41, 5.74) is 7.18. The van der Waals surface area contributed by atoms with Gasteiger partial charge in [-0.05, 0) is 32.9 Å². The molecule has 1 N–H and O–H groups in total. The van der Waals surface area contributed by atoms with Gasteiger partial charge in [-0.15, -0.1) is 0 Å². The van der Waals surface area contributed by atoms with Gasteiger partial charge in [0.05, 0.1) is 16.3 Å². The van der Waals surface area contributed by atoms with Gasteiger partial charge in [0.1, 0.15) is 0 Å². The van der Waals surface area contributed by atoms with Crippen molar-refractivity contribution in [1.82, 2.24) is 0 Å². The van der Waals surface area contributed by atoms with Crippen LogP contribution in [0, 0.1) is 24.0 Å². The van der Waals surface area contributed by atoms with E-state index in [1.54, 1.807) is 19.1 Å². The molecule has 21 heavy (non-hydrogen) atoms. The summed E-state index contributed by atoms with van der Waals surface area (Å²) in [7, 11) is 0. The molecular weight excluding hydrogens is 266 g/mol. The van der Waals surface area contributed by atoms with Crippen LogP contribution in [0.3, 0.4) is 0 Å². The number of nitrogens with zero attached hydrogens (tertiary/aromatic N) is 2. The zero-order valence-corrected chi connectivity index (χ0v) is 12.3. The number of benzene rings is 2. The van der Waals surface area contributed by atoms with Crippen molar-refractivity contribution in [2.45, 2.75) is 20.8 Å². The van der Waals surface area contributed by atoms with Gasteiger partial charge in [0.25, 0.3) is 5.69 Å². The van der Waals surface area contributed by atoms with E-state index in [4.69, 9.17) is 0 Å². The molecule has 0 aliphatic carbocycles. The Morgan fingerprint density at radius 3 is 2.43 bits per heavy atom. The molecule has 0 saturated carbocycles. The molecule has 0 unspecified atom stereocenters. The number of aryl methyl sites for hydroxylation is 2. The van der Waals surface area contributed by atoms with E-state index in [1.165, 1.54) is 5.56 Å². The molecule has 0 aliphatic heterocycles. The third kappa shape index (κ3) is 3.66. The maximum absolute atomic E-state index is 11.0. The van der Waals surface area contributed by atoms with Gasteiger partial charge >= 0.3 is 0 Å². The summed E-state index contributed by atoms with van der Waals surface area (Å²) in [6, 6.07) is 13.0. The van der Waals surface area contributed by atoms with Crippen LogP contribution in [0.2, 0.25) is 0 Å². The molecule has 5 heteroatoms. The van der Waals surface area contributed by atoms with Crippen molar-refractivity contribution in [3.8, 4) is 0 Å². The first-order valence-electron chi connectivity index (χ1n) is 6.60. The summed E-state index contributed by atoms with van der Waals surface area (Å²) >= 11 is 0. The van der Waals surface area contributed by atoms with E-state index in [2.05, 4.69) is 10.5 Å². The zero-order chi connectivity index (χ0) is 15.4. The quantitative estimate of drug-likeness (QED) is 0.523. The predicted molar refractivity (Wildman–Crippen MR) is 84.8 cm³/mol. The number of rotatable bonds is 4. The van der Waals surface area contributed by atoms with Crippen LogP contribution in [0.5, 0.6) is 0 Å². The van der Waals surface area contributed by atoms with Crippen LogP contribution in [-0.2, 0) is 0 Å². The monoisotopic (exact) mass is 283 g/mol. The highest BCUT2D eigenvalue weighted by atomic mass is 16.6. The lowest BCUT2D eigenvalue weighted by Crippen LogP contribution is -2.01. The molecule has 2 aromatic carbocycles. The Labute approximate surface area is 123 Å². The Kier molecular flexibility index (Phi) is 4.33. The van der Waals surface area contributed by atoms with Crippen LogP contribution < -0.4 is 5.43 Å². The fourth-order valence-corrected chi connectivity index (χ4v) is 1.87. The highest BCUT2D eigenvalue weighted by molar-refractivity contribution is 5.99. The lowest BCUT2D eigenvalue weighted by molar-refractivity contribution is -0.385. The molecule has 0 aromatic heterocycles. The summed E-state index contributed by atoms with van der Waals surface area (Å²) in [6.45, 7) is 5.55. The Balaban J connectivity index is 2.21. The molecule has 0 bridgehead atoms. The van der Waals surface area contributed by atoms with Crippen molar-refractivity contribution in [1.29, 1.82) is 0 Å². The molecule has 0 radical (unpaired) electrons. The third-order valence-corrected chi connectivity index (χ3v) is 3.23. The van der Waals surface area contributed by atoms with Crippen LogP contribution >= 0.6 is 0 Å². The summed E-state index contributed by atoms with van der Waals surface area (Å²) in [5, 5.41) is 15.2. The van der Waals surface area contributed by atoms with Gasteiger partial charge in [0.2, 0.25) is 0 Å². The maximum atomic E-state index is 11.0. The van der Waals surface area contributed by atoms with Crippen molar-refractivity contribution < 1.29 is 4.92 Å². The molecule has 0 atom stereocenters. The van der Waals surface area contributed by atoms with Crippen molar-refractivity contribution in [3.05, 3.63) is 69.3 Å². The van der Waals surface area contributed by atoms with Crippen LogP contribution in [0.15, 0.2) is 47.6 Å². The molecule has 0 heterocycles. The predicted octanol–water partition coefficient (Wildman–Crippen LogP) is 4.05. The van der Waals surface area contributed by atoms with Crippen molar-refractivity contribution in [2.75, 3.05) is 5.43 Å². The van der Waals surface area contributed by atoms with Gasteiger partial charge in [0.15, 0.2) is 0 Å². The minimum absolute atomic E-state index is 0.109. The Morgan fingerprint density at radius 1 is 1.14 bits per heavy atom. The summed E-state index contributed by atoms with van der Waals surface area (Å²) in [5.74, 6) is 0. The van der Waals surface area contributed by atoms with Gasteiger partial charge < -0.3 is 0 Å². The van der Waals surface area contributed by atoms with E-state index in [0.717, 1.165) is 11.3 Å². The van der Waals surface area contributed by atoms with E-state index < -0.39 is 0 Å². The number of anilines is 1. The SMILES string of the molecule is C/C(=N/Nc1ccc(C)cc1)c1ccc(C)c([N+](=O)[O-])c1. The third-order valence-electron chi connectivity index (χ3n) is 3.23. The highest BCUT2D eigenvalue weighted by Gasteiger charge is 2.12. The fraction of sp³-hybridized carbons (Fsp3) is 0.188. The van der Waals surface area contributed by atoms with Gasteiger partial charge in [0, 0.05) is 17.2 Å². The van der Waals surface area contributed by atoms with Crippen molar-refractivity contribution >= 4 is 17.1 Å². The van der Waals surface area contributed by atoms with Crippen LogP contribution in [0.25, 0.3) is 0 Å².